The third-order valence-corrected chi connectivity index (χ3v) is 4.79. The van der Waals surface area contributed by atoms with E-state index < -0.39 is 0 Å². The lowest BCUT2D eigenvalue weighted by Crippen LogP contribution is -2.19. The summed E-state index contributed by atoms with van der Waals surface area (Å²) in [4.78, 5) is 4.66. The van der Waals surface area contributed by atoms with Gasteiger partial charge in [0.25, 0.3) is 0 Å². The predicted molar refractivity (Wildman–Crippen MR) is 81.4 cm³/mol. The second-order valence-electron chi connectivity index (χ2n) is 3.89. The quantitative estimate of drug-likeness (QED) is 0.842. The monoisotopic (exact) mass is 332 g/mol. The van der Waals surface area contributed by atoms with Crippen molar-refractivity contribution in [2.24, 2.45) is 4.99 Å². The standard InChI is InChI=1S/C12H14BrClN2S/c1-2-8-5-6-17-12(15-8)16-9-3-4-10(13)11(14)7-9/h3-4,7-8H,2,5-6H2,1H3,(H,15,16). The van der Waals surface area contributed by atoms with Crippen LogP contribution in [0.4, 0.5) is 5.69 Å². The first-order valence-corrected chi connectivity index (χ1v) is 7.77. The number of nitrogens with one attached hydrogen (secondary N) is 1. The summed E-state index contributed by atoms with van der Waals surface area (Å²) < 4.78 is 0.911. The first-order valence-electron chi connectivity index (χ1n) is 5.61. The molecule has 1 N–H and O–H groups in total. The first-order chi connectivity index (χ1) is 8.19. The SMILES string of the molecule is CCC1CCSC(Nc2ccc(Br)c(Cl)c2)=N1. The van der Waals surface area contributed by atoms with Crippen molar-refractivity contribution in [3.63, 3.8) is 0 Å². The summed E-state index contributed by atoms with van der Waals surface area (Å²) in [6.45, 7) is 2.18. The molecule has 1 aliphatic rings. The Morgan fingerprint density at radius 2 is 2.41 bits per heavy atom. The molecule has 1 aromatic rings. The van der Waals surface area contributed by atoms with Crippen molar-refractivity contribution in [1.29, 1.82) is 0 Å². The third-order valence-electron chi connectivity index (χ3n) is 2.63. The molecule has 1 unspecified atom stereocenters. The molecule has 1 atom stereocenters. The van der Waals surface area contributed by atoms with E-state index in [4.69, 9.17) is 11.6 Å². The van der Waals surface area contributed by atoms with E-state index in [9.17, 15) is 0 Å². The van der Waals surface area contributed by atoms with E-state index in [1.807, 2.05) is 18.2 Å². The van der Waals surface area contributed by atoms with Gasteiger partial charge in [0, 0.05) is 15.9 Å². The van der Waals surface area contributed by atoms with Gasteiger partial charge in [-0.15, -0.1) is 0 Å². The fraction of sp³-hybridized carbons (Fsp3) is 0.417. The molecule has 1 aliphatic heterocycles. The Balaban J connectivity index is 2.09. The van der Waals surface area contributed by atoms with Crippen molar-refractivity contribution >= 4 is 50.1 Å². The van der Waals surface area contributed by atoms with E-state index in [0.717, 1.165) is 27.5 Å². The zero-order valence-corrected chi connectivity index (χ0v) is 12.7. The minimum Gasteiger partial charge on any atom is -0.335 e. The van der Waals surface area contributed by atoms with Crippen LogP contribution in [0.15, 0.2) is 27.7 Å². The van der Waals surface area contributed by atoms with Gasteiger partial charge in [-0.2, -0.15) is 0 Å². The largest absolute Gasteiger partial charge is 0.335 e. The molecule has 2 rings (SSSR count). The third kappa shape index (κ3) is 3.63. The first kappa shape index (κ1) is 13.2. The minimum atomic E-state index is 0.463. The van der Waals surface area contributed by atoms with Crippen LogP contribution in [0, 0.1) is 0 Å². The number of amidine groups is 1. The van der Waals surface area contributed by atoms with E-state index in [1.165, 1.54) is 6.42 Å². The van der Waals surface area contributed by atoms with Gasteiger partial charge >= 0.3 is 0 Å². The number of hydrogen-bond acceptors (Lipinski definition) is 3. The fourth-order valence-electron chi connectivity index (χ4n) is 1.62. The molecule has 0 spiro atoms. The maximum Gasteiger partial charge on any atom is 0.161 e. The maximum atomic E-state index is 6.05. The number of thioether (sulfide) groups is 1. The molecule has 1 heterocycles. The van der Waals surface area contributed by atoms with Crippen molar-refractivity contribution in [2.75, 3.05) is 11.1 Å². The molecule has 2 nitrogen and oxygen atoms in total. The van der Waals surface area contributed by atoms with Crippen LogP contribution < -0.4 is 5.32 Å². The highest BCUT2D eigenvalue weighted by Crippen LogP contribution is 2.27. The van der Waals surface area contributed by atoms with E-state index in [2.05, 4.69) is 33.2 Å². The van der Waals surface area contributed by atoms with Crippen LogP contribution in [0.25, 0.3) is 0 Å². The van der Waals surface area contributed by atoms with Crippen LogP contribution in [0.2, 0.25) is 5.02 Å². The molecule has 0 aromatic heterocycles. The summed E-state index contributed by atoms with van der Waals surface area (Å²) in [5.41, 5.74) is 0.987. The molecule has 0 radical (unpaired) electrons. The van der Waals surface area contributed by atoms with Crippen LogP contribution in [0.5, 0.6) is 0 Å². The number of hydrogen-bond donors (Lipinski definition) is 1. The Bertz CT molecular complexity index is 437. The van der Waals surface area contributed by atoms with Gasteiger partial charge < -0.3 is 5.32 Å². The number of anilines is 1. The van der Waals surface area contributed by atoms with E-state index in [1.54, 1.807) is 11.8 Å². The van der Waals surface area contributed by atoms with E-state index >= 15 is 0 Å². The molecule has 0 aliphatic carbocycles. The summed E-state index contributed by atoms with van der Waals surface area (Å²) in [6, 6.07) is 6.30. The number of nitrogens with zero attached hydrogens (tertiary/aromatic N) is 1. The average molecular weight is 334 g/mol. The molecule has 1 aromatic carbocycles. The lowest BCUT2D eigenvalue weighted by molar-refractivity contribution is 0.634. The molecule has 0 saturated heterocycles. The highest BCUT2D eigenvalue weighted by atomic mass is 79.9. The zero-order valence-electron chi connectivity index (χ0n) is 9.54. The minimum absolute atomic E-state index is 0.463. The molecular weight excluding hydrogens is 320 g/mol. The number of halogens is 2. The highest BCUT2D eigenvalue weighted by molar-refractivity contribution is 9.10. The summed E-state index contributed by atoms with van der Waals surface area (Å²) in [5.74, 6) is 1.13. The summed E-state index contributed by atoms with van der Waals surface area (Å²) in [7, 11) is 0. The molecule has 0 amide bonds. The lowest BCUT2D eigenvalue weighted by Gasteiger charge is -2.19. The summed E-state index contributed by atoms with van der Waals surface area (Å²) in [5, 5.41) is 5.03. The van der Waals surface area contributed by atoms with Gasteiger partial charge in [0.2, 0.25) is 0 Å². The molecule has 5 heteroatoms. The number of rotatable bonds is 2. The van der Waals surface area contributed by atoms with Gasteiger partial charge in [-0.05, 0) is 47.0 Å². The summed E-state index contributed by atoms with van der Waals surface area (Å²) in [6.07, 6.45) is 2.28. The van der Waals surface area contributed by atoms with Crippen molar-refractivity contribution in [2.45, 2.75) is 25.8 Å². The van der Waals surface area contributed by atoms with Crippen LogP contribution in [-0.4, -0.2) is 17.0 Å². The molecule has 17 heavy (non-hydrogen) atoms. The zero-order chi connectivity index (χ0) is 12.3. The van der Waals surface area contributed by atoms with Gasteiger partial charge in [-0.25, -0.2) is 0 Å². The maximum absolute atomic E-state index is 6.05. The highest BCUT2D eigenvalue weighted by Gasteiger charge is 2.14. The van der Waals surface area contributed by atoms with Gasteiger partial charge in [0.1, 0.15) is 0 Å². The van der Waals surface area contributed by atoms with E-state index in [-0.39, 0.29) is 0 Å². The van der Waals surface area contributed by atoms with E-state index in [0.29, 0.717) is 11.1 Å². The van der Waals surface area contributed by atoms with Gasteiger partial charge in [0.05, 0.1) is 11.1 Å². The summed E-state index contributed by atoms with van der Waals surface area (Å²) >= 11 is 11.2. The number of aliphatic imine (C=N–C) groups is 1. The molecular formula is C12H14BrClN2S. The second kappa shape index (κ2) is 6.12. The Labute approximate surface area is 119 Å². The fourth-order valence-corrected chi connectivity index (χ4v) is 3.04. The lowest BCUT2D eigenvalue weighted by atomic mass is 10.2. The van der Waals surface area contributed by atoms with Crippen molar-refractivity contribution in [3.8, 4) is 0 Å². The Kier molecular flexibility index (Phi) is 4.77. The van der Waals surface area contributed by atoms with Crippen molar-refractivity contribution in [3.05, 3.63) is 27.7 Å². The van der Waals surface area contributed by atoms with Crippen molar-refractivity contribution in [1.82, 2.24) is 0 Å². The van der Waals surface area contributed by atoms with Crippen LogP contribution in [0.1, 0.15) is 19.8 Å². The smallest absolute Gasteiger partial charge is 0.161 e. The molecule has 92 valence electrons. The Morgan fingerprint density at radius 1 is 1.59 bits per heavy atom. The van der Waals surface area contributed by atoms with Crippen LogP contribution >= 0.6 is 39.3 Å². The average Bonchev–Trinajstić information content (AvgIpc) is 2.34. The molecule has 0 saturated carbocycles. The second-order valence-corrected chi connectivity index (χ2v) is 6.23. The number of benzene rings is 1. The topological polar surface area (TPSA) is 24.4 Å². The molecule has 0 fully saturated rings. The molecule has 0 bridgehead atoms. The van der Waals surface area contributed by atoms with Gasteiger partial charge in [-0.3, -0.25) is 4.99 Å². The van der Waals surface area contributed by atoms with Gasteiger partial charge in [-0.1, -0.05) is 30.3 Å². The van der Waals surface area contributed by atoms with Crippen LogP contribution in [0.3, 0.4) is 0 Å². The Morgan fingerprint density at radius 3 is 3.12 bits per heavy atom. The van der Waals surface area contributed by atoms with Crippen LogP contribution in [-0.2, 0) is 0 Å². The predicted octanol–water partition coefficient (Wildman–Crippen LogP) is 4.79. The Hall–Kier alpha value is -0.190. The normalized spacial score (nSPS) is 19.9. The van der Waals surface area contributed by atoms with Gasteiger partial charge in [0.15, 0.2) is 5.17 Å². The van der Waals surface area contributed by atoms with Crippen molar-refractivity contribution < 1.29 is 0 Å².